The normalized spacial score (nSPS) is 12.2. The van der Waals surface area contributed by atoms with Crippen LogP contribution >= 0.6 is 11.6 Å². The van der Waals surface area contributed by atoms with Crippen molar-refractivity contribution in [3.63, 3.8) is 0 Å². The van der Waals surface area contributed by atoms with E-state index in [-0.39, 0.29) is 5.78 Å². The highest BCUT2D eigenvalue weighted by molar-refractivity contribution is 6.41. The Morgan fingerprint density at radius 1 is 1.38 bits per heavy atom. The predicted molar refractivity (Wildman–Crippen MR) is 50.8 cm³/mol. The molecule has 0 radical (unpaired) electrons. The van der Waals surface area contributed by atoms with E-state index in [1.54, 1.807) is 0 Å². The van der Waals surface area contributed by atoms with Gasteiger partial charge < -0.3 is 4.74 Å². The van der Waals surface area contributed by atoms with Crippen molar-refractivity contribution >= 4 is 23.4 Å². The van der Waals surface area contributed by atoms with Gasteiger partial charge in [-0.25, -0.2) is 4.79 Å². The zero-order valence-corrected chi connectivity index (χ0v) is 8.76. The molecule has 0 aliphatic carbocycles. The first-order valence-electron chi connectivity index (χ1n) is 4.38. The van der Waals surface area contributed by atoms with Crippen molar-refractivity contribution in [3.05, 3.63) is 0 Å². The molecule has 13 heavy (non-hydrogen) atoms. The minimum atomic E-state index is -1.12. The number of halogens is 1. The number of hydrogen-bond acceptors (Lipinski definition) is 3. The number of unbranched alkanes of at least 4 members (excludes halogenated alkanes) is 2. The SMILES string of the molecule is CCCCCC(=O)C(Cl)C(=O)OC. The Kier molecular flexibility index (Phi) is 6.59. The summed E-state index contributed by atoms with van der Waals surface area (Å²) < 4.78 is 4.35. The van der Waals surface area contributed by atoms with Crippen LogP contribution in [0.3, 0.4) is 0 Å². The second-order valence-corrected chi connectivity index (χ2v) is 3.25. The van der Waals surface area contributed by atoms with E-state index in [4.69, 9.17) is 11.6 Å². The molecule has 0 aromatic heterocycles. The van der Waals surface area contributed by atoms with Crippen molar-refractivity contribution in [3.8, 4) is 0 Å². The zero-order valence-electron chi connectivity index (χ0n) is 8.01. The molecule has 3 nitrogen and oxygen atoms in total. The number of carbonyl (C=O) groups is 2. The molecule has 0 N–H and O–H groups in total. The Morgan fingerprint density at radius 3 is 2.46 bits per heavy atom. The summed E-state index contributed by atoms with van der Waals surface area (Å²) in [7, 11) is 1.22. The standard InChI is InChI=1S/C9H15ClO3/c1-3-4-5-6-7(11)8(10)9(12)13-2/h8H,3-6H2,1-2H3. The van der Waals surface area contributed by atoms with E-state index in [0.29, 0.717) is 6.42 Å². The second-order valence-electron chi connectivity index (χ2n) is 2.81. The lowest BCUT2D eigenvalue weighted by molar-refractivity contribution is -0.142. The predicted octanol–water partition coefficient (Wildman–Crippen LogP) is 1.92. The van der Waals surface area contributed by atoms with E-state index in [1.807, 2.05) is 6.92 Å². The van der Waals surface area contributed by atoms with Crippen LogP contribution in [0.1, 0.15) is 32.6 Å². The molecule has 1 atom stereocenters. The number of rotatable bonds is 6. The van der Waals surface area contributed by atoms with Crippen LogP contribution in [0, 0.1) is 0 Å². The first-order chi connectivity index (χ1) is 6.13. The van der Waals surface area contributed by atoms with Crippen LogP contribution in [0.4, 0.5) is 0 Å². The fraction of sp³-hybridized carbons (Fsp3) is 0.778. The fourth-order valence-corrected chi connectivity index (χ4v) is 1.11. The highest BCUT2D eigenvalue weighted by atomic mass is 35.5. The smallest absolute Gasteiger partial charge is 0.331 e. The molecule has 0 aromatic carbocycles. The summed E-state index contributed by atoms with van der Waals surface area (Å²) >= 11 is 5.54. The molecule has 0 saturated heterocycles. The number of ketones is 1. The molecule has 76 valence electrons. The summed E-state index contributed by atoms with van der Waals surface area (Å²) in [6, 6.07) is 0. The minimum Gasteiger partial charge on any atom is -0.468 e. The van der Waals surface area contributed by atoms with E-state index >= 15 is 0 Å². The quantitative estimate of drug-likeness (QED) is 0.289. The van der Waals surface area contributed by atoms with Gasteiger partial charge in [0.25, 0.3) is 0 Å². The van der Waals surface area contributed by atoms with Crippen LogP contribution in [0.2, 0.25) is 0 Å². The lowest BCUT2D eigenvalue weighted by Crippen LogP contribution is -2.25. The van der Waals surface area contributed by atoms with Crippen molar-refractivity contribution in [1.29, 1.82) is 0 Å². The molecule has 0 heterocycles. The van der Waals surface area contributed by atoms with Gasteiger partial charge in [-0.05, 0) is 6.42 Å². The van der Waals surface area contributed by atoms with E-state index in [0.717, 1.165) is 19.3 Å². The average molecular weight is 207 g/mol. The highest BCUT2D eigenvalue weighted by Crippen LogP contribution is 2.07. The maximum Gasteiger partial charge on any atom is 0.331 e. The minimum absolute atomic E-state index is 0.248. The molecule has 0 rings (SSSR count). The van der Waals surface area contributed by atoms with E-state index in [9.17, 15) is 9.59 Å². The molecule has 0 spiro atoms. The van der Waals surface area contributed by atoms with Gasteiger partial charge in [0.15, 0.2) is 11.2 Å². The largest absolute Gasteiger partial charge is 0.468 e. The van der Waals surface area contributed by atoms with E-state index in [2.05, 4.69) is 4.74 Å². The van der Waals surface area contributed by atoms with Gasteiger partial charge in [-0.2, -0.15) is 0 Å². The van der Waals surface area contributed by atoms with Crippen LogP contribution in [0.15, 0.2) is 0 Å². The van der Waals surface area contributed by atoms with Gasteiger partial charge in [-0.1, -0.05) is 19.8 Å². The first-order valence-corrected chi connectivity index (χ1v) is 4.81. The number of esters is 1. The molecule has 0 aliphatic rings. The molecule has 0 aromatic rings. The number of Topliss-reactive ketones (excluding diaryl/α,β-unsaturated/α-hetero) is 1. The Hall–Kier alpha value is -0.570. The number of hydrogen-bond donors (Lipinski definition) is 0. The van der Waals surface area contributed by atoms with Gasteiger partial charge >= 0.3 is 5.97 Å². The molecular weight excluding hydrogens is 192 g/mol. The Labute approximate surface area is 83.4 Å². The van der Waals surface area contributed by atoms with Crippen molar-refractivity contribution < 1.29 is 14.3 Å². The molecule has 0 saturated carbocycles. The van der Waals surface area contributed by atoms with E-state index in [1.165, 1.54) is 7.11 Å². The van der Waals surface area contributed by atoms with Crippen LogP contribution in [0.5, 0.6) is 0 Å². The van der Waals surface area contributed by atoms with Crippen LogP contribution < -0.4 is 0 Å². The summed E-state index contributed by atoms with van der Waals surface area (Å²) in [5, 5.41) is -1.12. The number of methoxy groups -OCH3 is 1. The monoisotopic (exact) mass is 206 g/mol. The van der Waals surface area contributed by atoms with Crippen molar-refractivity contribution in [2.24, 2.45) is 0 Å². The molecular formula is C9H15ClO3. The third kappa shape index (κ3) is 4.88. The first kappa shape index (κ1) is 12.4. The second kappa shape index (κ2) is 6.89. The maximum absolute atomic E-state index is 11.2. The topological polar surface area (TPSA) is 43.4 Å². The van der Waals surface area contributed by atoms with Gasteiger partial charge in [0.1, 0.15) is 0 Å². The zero-order chi connectivity index (χ0) is 10.3. The molecule has 0 fully saturated rings. The summed E-state index contributed by atoms with van der Waals surface area (Å²) in [5.41, 5.74) is 0. The highest BCUT2D eigenvalue weighted by Gasteiger charge is 2.23. The van der Waals surface area contributed by atoms with Gasteiger partial charge in [-0.15, -0.1) is 11.6 Å². The number of ether oxygens (including phenoxy) is 1. The molecule has 0 aliphatic heterocycles. The third-order valence-electron chi connectivity index (χ3n) is 1.72. The number of alkyl halides is 1. The summed E-state index contributed by atoms with van der Waals surface area (Å²) in [4.78, 5) is 22.0. The molecule has 0 bridgehead atoms. The van der Waals surface area contributed by atoms with Gasteiger partial charge in [-0.3, -0.25) is 4.79 Å². The molecule has 4 heteroatoms. The summed E-state index contributed by atoms with van der Waals surface area (Å²) in [5.74, 6) is -0.912. The van der Waals surface area contributed by atoms with Gasteiger partial charge in [0.05, 0.1) is 7.11 Å². The average Bonchev–Trinajstić information content (AvgIpc) is 2.15. The lowest BCUT2D eigenvalue weighted by atomic mass is 10.1. The van der Waals surface area contributed by atoms with Crippen molar-refractivity contribution in [1.82, 2.24) is 0 Å². The molecule has 1 unspecified atom stereocenters. The maximum atomic E-state index is 11.2. The van der Waals surface area contributed by atoms with Crippen molar-refractivity contribution in [2.75, 3.05) is 7.11 Å². The van der Waals surface area contributed by atoms with E-state index < -0.39 is 11.3 Å². The van der Waals surface area contributed by atoms with Gasteiger partial charge in [0, 0.05) is 6.42 Å². The third-order valence-corrected chi connectivity index (χ3v) is 2.14. The van der Waals surface area contributed by atoms with Crippen LogP contribution in [0.25, 0.3) is 0 Å². The Morgan fingerprint density at radius 2 is 2.00 bits per heavy atom. The Balaban J connectivity index is 3.76. The molecule has 0 amide bonds. The Bertz CT molecular complexity index is 180. The van der Waals surface area contributed by atoms with Crippen LogP contribution in [-0.4, -0.2) is 24.2 Å². The summed E-state index contributed by atoms with van der Waals surface area (Å²) in [6.07, 6.45) is 3.17. The lowest BCUT2D eigenvalue weighted by Gasteiger charge is -2.05. The fourth-order valence-electron chi connectivity index (χ4n) is 0.911. The van der Waals surface area contributed by atoms with Gasteiger partial charge in [0.2, 0.25) is 0 Å². The number of carbonyl (C=O) groups excluding carboxylic acids is 2. The van der Waals surface area contributed by atoms with Crippen molar-refractivity contribution in [2.45, 2.75) is 38.0 Å². The van der Waals surface area contributed by atoms with Crippen LogP contribution in [-0.2, 0) is 14.3 Å². The summed E-state index contributed by atoms with van der Waals surface area (Å²) in [6.45, 7) is 2.04.